The number of guanidine groups is 1. The number of nitrogens with zero attached hydrogens (tertiary/aromatic N) is 3. The Balaban J connectivity index is 1.44. The smallest absolute Gasteiger partial charge is 0.221 e. The quantitative estimate of drug-likeness (QED) is 0.330. The molecule has 3 aromatic carbocycles. The number of halogens is 2. The van der Waals surface area contributed by atoms with Crippen LogP contribution in [0.4, 0.5) is 17.1 Å². The Bertz CT molecular complexity index is 1180. The first-order valence-electron chi connectivity index (χ1n) is 9.03. The van der Waals surface area contributed by atoms with Gasteiger partial charge in [0.15, 0.2) is 10.3 Å². The monoisotopic (exact) mass is 471 g/mol. The number of nitrogens with one attached hydrogen (secondary N) is 2. The average molecular weight is 472 g/mol. The number of amidine groups is 1. The molecule has 0 aliphatic carbocycles. The van der Waals surface area contributed by atoms with Gasteiger partial charge in [0.25, 0.3) is 0 Å². The van der Waals surface area contributed by atoms with Crippen LogP contribution < -0.4 is 15.5 Å². The van der Waals surface area contributed by atoms with Crippen LogP contribution in [-0.4, -0.2) is 16.2 Å². The van der Waals surface area contributed by atoms with Crippen LogP contribution in [0.1, 0.15) is 0 Å². The lowest BCUT2D eigenvalue weighted by Gasteiger charge is -2.22. The summed E-state index contributed by atoms with van der Waals surface area (Å²) in [6.45, 7) is 0. The van der Waals surface area contributed by atoms with Gasteiger partial charge in [-0.2, -0.15) is 9.39 Å². The van der Waals surface area contributed by atoms with Gasteiger partial charge in [-0.25, -0.2) is 0 Å². The molecule has 0 spiro atoms. The zero-order valence-electron chi connectivity index (χ0n) is 15.4. The van der Waals surface area contributed by atoms with E-state index in [0.717, 1.165) is 27.3 Å². The Labute approximate surface area is 190 Å². The molecule has 2 heterocycles. The van der Waals surface area contributed by atoms with Crippen molar-refractivity contribution in [1.29, 1.82) is 0 Å². The van der Waals surface area contributed by atoms with E-state index in [1.54, 1.807) is 10.8 Å². The third kappa shape index (κ3) is 4.06. The molecule has 0 amide bonds. The maximum Gasteiger partial charge on any atom is 0.221 e. The van der Waals surface area contributed by atoms with Crippen LogP contribution in [0.15, 0.2) is 88.3 Å². The number of hydrogen-bond donors (Lipinski definition) is 2. The molecule has 2 aliphatic heterocycles. The first kappa shape index (κ1) is 19.5. The molecule has 30 heavy (non-hydrogen) atoms. The van der Waals surface area contributed by atoms with Gasteiger partial charge in [-0.05, 0) is 60.7 Å². The normalized spacial score (nSPS) is 17.5. The third-order valence-electron chi connectivity index (χ3n) is 4.29. The van der Waals surface area contributed by atoms with E-state index >= 15 is 0 Å². The second-order valence-corrected chi connectivity index (χ2v) is 10.3. The molecule has 2 aliphatic rings. The van der Waals surface area contributed by atoms with Gasteiger partial charge < -0.3 is 10.6 Å². The molecule has 1 unspecified atom stereocenters. The van der Waals surface area contributed by atoms with E-state index in [1.807, 2.05) is 83.8 Å². The van der Waals surface area contributed by atoms with Crippen LogP contribution in [0.2, 0.25) is 10.0 Å². The molecular weight excluding hydrogens is 457 g/mol. The zero-order chi connectivity index (χ0) is 20.5. The van der Waals surface area contributed by atoms with Gasteiger partial charge in [0.2, 0.25) is 5.96 Å². The minimum absolute atomic E-state index is 0.456. The number of rotatable bonds is 3. The van der Waals surface area contributed by atoms with Gasteiger partial charge >= 0.3 is 0 Å². The van der Waals surface area contributed by atoms with E-state index in [4.69, 9.17) is 32.6 Å². The van der Waals surface area contributed by atoms with Crippen molar-refractivity contribution >= 4 is 77.0 Å². The van der Waals surface area contributed by atoms with E-state index < -0.39 is 9.70 Å². The lowest BCUT2D eigenvalue weighted by Crippen LogP contribution is -2.37. The number of anilines is 3. The van der Waals surface area contributed by atoms with Crippen molar-refractivity contribution in [2.24, 2.45) is 9.39 Å². The zero-order valence-corrected chi connectivity index (χ0v) is 18.6. The van der Waals surface area contributed by atoms with Crippen LogP contribution in [0.25, 0.3) is 0 Å². The maximum absolute atomic E-state index is 6.10. The van der Waals surface area contributed by atoms with Crippen molar-refractivity contribution in [1.82, 2.24) is 0 Å². The Hall–Kier alpha value is -2.45. The molecule has 9 heteroatoms. The first-order valence-corrected chi connectivity index (χ1v) is 12.3. The number of hydrogen-bond acceptors (Lipinski definition) is 6. The second kappa shape index (κ2) is 8.35. The second-order valence-electron chi connectivity index (χ2n) is 6.38. The van der Waals surface area contributed by atoms with Crippen molar-refractivity contribution in [3.8, 4) is 0 Å². The summed E-state index contributed by atoms with van der Waals surface area (Å²) < 4.78 is 4.90. The highest BCUT2D eigenvalue weighted by atomic mass is 35.5. The molecule has 2 N–H and O–H groups in total. The fourth-order valence-corrected chi connectivity index (χ4v) is 6.22. The summed E-state index contributed by atoms with van der Waals surface area (Å²) in [6, 6.07) is 25.2. The SMILES string of the molecule is Clc1ccc(NC2=NS3=C(N=C(Nc4ccccc4)S3)N2c2ccc(Cl)cc2)cc1. The molecule has 0 saturated heterocycles. The number of para-hydroxylation sites is 1. The van der Waals surface area contributed by atoms with Crippen LogP contribution in [0.3, 0.4) is 0 Å². The molecular formula is C21H15Cl2N5S2. The summed E-state index contributed by atoms with van der Waals surface area (Å²) in [6.07, 6.45) is 0. The lowest BCUT2D eigenvalue weighted by molar-refractivity contribution is 1.39. The van der Waals surface area contributed by atoms with E-state index in [1.165, 1.54) is 0 Å². The Morgan fingerprint density at radius 1 is 0.767 bits per heavy atom. The average Bonchev–Trinajstić information content (AvgIpc) is 3.28. The Morgan fingerprint density at radius 2 is 1.40 bits per heavy atom. The van der Waals surface area contributed by atoms with Gasteiger partial charge in [0.05, 0.1) is 5.69 Å². The van der Waals surface area contributed by atoms with Crippen molar-refractivity contribution in [2.45, 2.75) is 0 Å². The molecule has 0 radical (unpaired) electrons. The van der Waals surface area contributed by atoms with Crippen LogP contribution in [0.5, 0.6) is 0 Å². The highest BCUT2D eigenvalue weighted by Crippen LogP contribution is 2.46. The maximum atomic E-state index is 6.10. The van der Waals surface area contributed by atoms with Crippen LogP contribution >= 0.6 is 43.7 Å². The molecule has 3 aromatic rings. The predicted molar refractivity (Wildman–Crippen MR) is 134 cm³/mol. The molecule has 5 rings (SSSR count). The minimum Gasteiger partial charge on any atom is -0.334 e. The van der Waals surface area contributed by atoms with Gasteiger partial charge in [0, 0.05) is 41.9 Å². The topological polar surface area (TPSA) is 52.0 Å². The third-order valence-corrected chi connectivity index (χ3v) is 7.85. The van der Waals surface area contributed by atoms with Gasteiger partial charge in [-0.1, -0.05) is 41.4 Å². The lowest BCUT2D eigenvalue weighted by atomic mass is 10.3. The fraction of sp³-hybridized carbons (Fsp3) is 0. The Kier molecular flexibility index (Phi) is 5.43. The predicted octanol–water partition coefficient (Wildman–Crippen LogP) is 6.68. The van der Waals surface area contributed by atoms with Crippen molar-refractivity contribution < 1.29 is 0 Å². The van der Waals surface area contributed by atoms with E-state index in [0.29, 0.717) is 16.0 Å². The van der Waals surface area contributed by atoms with Gasteiger partial charge in [-0.15, -0.1) is 0 Å². The minimum atomic E-state index is -0.456. The summed E-state index contributed by atoms with van der Waals surface area (Å²) in [7, 11) is 1.15. The fourth-order valence-electron chi connectivity index (χ4n) is 2.91. The van der Waals surface area contributed by atoms with Crippen molar-refractivity contribution in [3.05, 3.63) is 88.9 Å². The van der Waals surface area contributed by atoms with Gasteiger partial charge in [-0.3, -0.25) is 4.90 Å². The summed E-state index contributed by atoms with van der Waals surface area (Å²) in [5.41, 5.74) is 2.84. The Morgan fingerprint density at radius 3 is 2.10 bits per heavy atom. The summed E-state index contributed by atoms with van der Waals surface area (Å²) >= 11 is 12.1. The summed E-state index contributed by atoms with van der Waals surface area (Å²) in [5, 5.41) is 9.83. The molecule has 5 nitrogen and oxygen atoms in total. The van der Waals surface area contributed by atoms with Crippen LogP contribution in [0, 0.1) is 0 Å². The molecule has 150 valence electrons. The molecule has 0 bridgehead atoms. The summed E-state index contributed by atoms with van der Waals surface area (Å²) in [5.74, 6) is 0.716. The highest BCUT2D eigenvalue weighted by molar-refractivity contribution is 8.89. The van der Waals surface area contributed by atoms with Gasteiger partial charge in [0.1, 0.15) is 0 Å². The van der Waals surface area contributed by atoms with E-state index in [9.17, 15) is 0 Å². The van der Waals surface area contributed by atoms with Crippen LogP contribution in [-0.2, 0) is 0 Å². The summed E-state index contributed by atoms with van der Waals surface area (Å²) in [4.78, 5) is 6.87. The number of benzene rings is 3. The molecule has 0 saturated carbocycles. The standard InChI is InChI=1S/C21H15Cl2N5S2/c22-14-6-10-17(11-7-14)24-19-27-30-21(28(19)18-12-8-15(23)9-13-18)26-20(29-30)25-16-4-2-1-3-5-16/h1-13H,(H,24,27)(H,25,26). The van der Waals surface area contributed by atoms with E-state index in [2.05, 4.69) is 10.6 Å². The molecule has 0 aromatic heterocycles. The van der Waals surface area contributed by atoms with Crippen molar-refractivity contribution in [3.63, 3.8) is 0 Å². The largest absolute Gasteiger partial charge is 0.334 e. The van der Waals surface area contributed by atoms with E-state index in [-0.39, 0.29) is 0 Å². The number of aliphatic imine (C=N–C) groups is 1. The van der Waals surface area contributed by atoms with Crippen molar-refractivity contribution in [2.75, 3.05) is 15.5 Å². The highest BCUT2D eigenvalue weighted by Gasteiger charge is 2.33. The first-order chi connectivity index (χ1) is 14.7. The molecule has 1 atom stereocenters. The molecule has 0 fully saturated rings.